The first-order chi connectivity index (χ1) is 10.0. The minimum atomic E-state index is 0.325. The van der Waals surface area contributed by atoms with Crippen LogP contribution in [0.1, 0.15) is 39.2 Å². The second-order valence-corrected chi connectivity index (χ2v) is 6.66. The number of halogens is 1. The minimum absolute atomic E-state index is 0.325. The SMILES string of the molecule is CC1CC(C)CC(n2nnnc2-c2cc(N)ccc2Cl)C1. The maximum Gasteiger partial charge on any atom is 0.183 e. The molecule has 5 nitrogen and oxygen atoms in total. The van der Waals surface area contributed by atoms with Crippen LogP contribution in [0.5, 0.6) is 0 Å². The lowest BCUT2D eigenvalue weighted by molar-refractivity contribution is 0.209. The Morgan fingerprint density at radius 2 is 1.90 bits per heavy atom. The summed E-state index contributed by atoms with van der Waals surface area (Å²) < 4.78 is 1.92. The number of tetrazole rings is 1. The van der Waals surface area contributed by atoms with Crippen LogP contribution in [0.3, 0.4) is 0 Å². The number of aromatic nitrogens is 4. The summed E-state index contributed by atoms with van der Waals surface area (Å²) in [6.45, 7) is 4.58. The van der Waals surface area contributed by atoms with E-state index in [2.05, 4.69) is 29.4 Å². The second kappa shape index (κ2) is 5.64. The third-order valence-electron chi connectivity index (χ3n) is 4.22. The van der Waals surface area contributed by atoms with Crippen LogP contribution >= 0.6 is 11.6 Å². The van der Waals surface area contributed by atoms with E-state index in [9.17, 15) is 0 Å². The largest absolute Gasteiger partial charge is 0.399 e. The molecule has 0 saturated heterocycles. The van der Waals surface area contributed by atoms with E-state index >= 15 is 0 Å². The first kappa shape index (κ1) is 14.3. The maximum atomic E-state index is 6.29. The molecule has 1 saturated carbocycles. The summed E-state index contributed by atoms with van der Waals surface area (Å²) in [7, 11) is 0. The zero-order valence-electron chi connectivity index (χ0n) is 12.3. The lowest BCUT2D eigenvalue weighted by Crippen LogP contribution is -2.24. The normalized spacial score (nSPS) is 26.0. The van der Waals surface area contributed by atoms with Crippen molar-refractivity contribution >= 4 is 17.3 Å². The Hall–Kier alpha value is -1.62. The summed E-state index contributed by atoms with van der Waals surface area (Å²) in [5, 5.41) is 12.9. The molecule has 1 aromatic carbocycles. The number of nitrogens with zero attached hydrogens (tertiary/aromatic N) is 4. The number of nitrogen functional groups attached to an aromatic ring is 1. The molecule has 2 atom stereocenters. The highest BCUT2D eigenvalue weighted by molar-refractivity contribution is 6.33. The van der Waals surface area contributed by atoms with Crippen LogP contribution < -0.4 is 5.73 Å². The first-order valence-corrected chi connectivity index (χ1v) is 7.75. The van der Waals surface area contributed by atoms with Crippen molar-refractivity contribution in [3.05, 3.63) is 23.2 Å². The van der Waals surface area contributed by atoms with Gasteiger partial charge in [0, 0.05) is 11.3 Å². The Kier molecular flexibility index (Phi) is 3.85. The molecule has 0 bridgehead atoms. The van der Waals surface area contributed by atoms with E-state index in [1.165, 1.54) is 6.42 Å². The van der Waals surface area contributed by atoms with Gasteiger partial charge in [0.1, 0.15) is 0 Å². The molecule has 3 rings (SSSR count). The predicted molar refractivity (Wildman–Crippen MR) is 83.9 cm³/mol. The molecule has 1 heterocycles. The highest BCUT2D eigenvalue weighted by Crippen LogP contribution is 2.38. The van der Waals surface area contributed by atoms with Gasteiger partial charge in [-0.2, -0.15) is 0 Å². The highest BCUT2D eigenvalue weighted by atomic mass is 35.5. The van der Waals surface area contributed by atoms with Gasteiger partial charge in [0.05, 0.1) is 11.1 Å². The first-order valence-electron chi connectivity index (χ1n) is 7.38. The van der Waals surface area contributed by atoms with Crippen molar-refractivity contribution in [1.29, 1.82) is 0 Å². The molecule has 0 aliphatic heterocycles. The molecule has 1 aliphatic carbocycles. The fourth-order valence-corrected chi connectivity index (χ4v) is 3.64. The zero-order valence-corrected chi connectivity index (χ0v) is 13.1. The topological polar surface area (TPSA) is 69.6 Å². The van der Waals surface area contributed by atoms with Crippen molar-refractivity contribution in [3.63, 3.8) is 0 Å². The summed E-state index contributed by atoms with van der Waals surface area (Å²) in [6.07, 6.45) is 3.47. The van der Waals surface area contributed by atoms with Crippen LogP contribution in [-0.4, -0.2) is 20.2 Å². The van der Waals surface area contributed by atoms with Gasteiger partial charge in [-0.25, -0.2) is 4.68 Å². The number of rotatable bonds is 2. The highest BCUT2D eigenvalue weighted by Gasteiger charge is 2.28. The Bertz CT molecular complexity index is 629. The smallest absolute Gasteiger partial charge is 0.183 e. The van der Waals surface area contributed by atoms with Crippen molar-refractivity contribution in [2.75, 3.05) is 5.73 Å². The zero-order chi connectivity index (χ0) is 15.0. The van der Waals surface area contributed by atoms with E-state index in [0.29, 0.717) is 34.4 Å². The van der Waals surface area contributed by atoms with Crippen molar-refractivity contribution < 1.29 is 0 Å². The van der Waals surface area contributed by atoms with Gasteiger partial charge in [-0.05, 0) is 59.7 Å². The number of nitrogens with two attached hydrogens (primary N) is 1. The number of benzene rings is 1. The van der Waals surface area contributed by atoms with E-state index < -0.39 is 0 Å². The van der Waals surface area contributed by atoms with Crippen molar-refractivity contribution in [3.8, 4) is 11.4 Å². The second-order valence-electron chi connectivity index (χ2n) is 6.26. The molecule has 0 spiro atoms. The molecule has 1 fully saturated rings. The lowest BCUT2D eigenvalue weighted by atomic mass is 9.80. The van der Waals surface area contributed by atoms with Gasteiger partial charge in [-0.1, -0.05) is 25.4 Å². The summed E-state index contributed by atoms with van der Waals surface area (Å²) in [5.74, 6) is 2.08. The molecule has 6 heteroatoms. The molecule has 2 unspecified atom stereocenters. The van der Waals surface area contributed by atoms with Crippen molar-refractivity contribution in [2.45, 2.75) is 39.2 Å². The predicted octanol–water partition coefficient (Wildman–Crippen LogP) is 3.57. The molecular weight excluding hydrogens is 286 g/mol. The van der Waals surface area contributed by atoms with Gasteiger partial charge < -0.3 is 5.73 Å². The maximum absolute atomic E-state index is 6.29. The van der Waals surface area contributed by atoms with Gasteiger partial charge in [0.25, 0.3) is 0 Å². The lowest BCUT2D eigenvalue weighted by Gasteiger charge is -2.31. The minimum Gasteiger partial charge on any atom is -0.399 e. The molecule has 0 radical (unpaired) electrons. The van der Waals surface area contributed by atoms with Crippen LogP contribution in [0.2, 0.25) is 5.02 Å². The van der Waals surface area contributed by atoms with Crippen LogP contribution in [0.25, 0.3) is 11.4 Å². The Morgan fingerprint density at radius 3 is 2.62 bits per heavy atom. The van der Waals surface area contributed by atoms with Gasteiger partial charge in [-0.15, -0.1) is 5.10 Å². The fourth-order valence-electron chi connectivity index (χ4n) is 3.44. The Balaban J connectivity index is 1.99. The van der Waals surface area contributed by atoms with E-state index in [-0.39, 0.29) is 0 Å². The molecule has 0 amide bonds. The summed E-state index contributed by atoms with van der Waals surface area (Å²) in [5.41, 5.74) is 7.33. The van der Waals surface area contributed by atoms with Crippen molar-refractivity contribution in [1.82, 2.24) is 20.2 Å². The average Bonchev–Trinajstić information content (AvgIpc) is 2.89. The van der Waals surface area contributed by atoms with Gasteiger partial charge >= 0.3 is 0 Å². The molecule has 2 N–H and O–H groups in total. The molecular formula is C15H20ClN5. The van der Waals surface area contributed by atoms with E-state index in [4.69, 9.17) is 17.3 Å². The molecule has 2 aromatic rings. The number of hydrogen-bond donors (Lipinski definition) is 1. The summed E-state index contributed by atoms with van der Waals surface area (Å²) in [6, 6.07) is 5.73. The average molecular weight is 306 g/mol. The summed E-state index contributed by atoms with van der Waals surface area (Å²) >= 11 is 6.29. The summed E-state index contributed by atoms with van der Waals surface area (Å²) in [4.78, 5) is 0. The van der Waals surface area contributed by atoms with Crippen LogP contribution in [0, 0.1) is 11.8 Å². The third-order valence-corrected chi connectivity index (χ3v) is 4.55. The Labute approximate surface area is 129 Å². The Morgan fingerprint density at radius 1 is 1.19 bits per heavy atom. The fraction of sp³-hybridized carbons (Fsp3) is 0.533. The molecule has 1 aromatic heterocycles. The van der Waals surface area contributed by atoms with Gasteiger partial charge in [0.2, 0.25) is 0 Å². The van der Waals surface area contributed by atoms with Gasteiger partial charge in [0.15, 0.2) is 5.82 Å². The monoisotopic (exact) mass is 305 g/mol. The standard InChI is InChI=1S/C15H20ClN5/c1-9-5-10(2)7-12(6-9)21-15(18-19-20-21)13-8-11(17)3-4-14(13)16/h3-4,8-10,12H,5-7,17H2,1-2H3. The van der Waals surface area contributed by atoms with E-state index in [1.807, 2.05) is 10.7 Å². The van der Waals surface area contributed by atoms with E-state index in [0.717, 1.165) is 18.4 Å². The number of anilines is 1. The number of hydrogen-bond acceptors (Lipinski definition) is 4. The van der Waals surface area contributed by atoms with Gasteiger partial charge in [-0.3, -0.25) is 0 Å². The molecule has 1 aliphatic rings. The van der Waals surface area contributed by atoms with Crippen LogP contribution in [0.4, 0.5) is 5.69 Å². The van der Waals surface area contributed by atoms with Crippen LogP contribution in [0.15, 0.2) is 18.2 Å². The molecule has 21 heavy (non-hydrogen) atoms. The third kappa shape index (κ3) is 2.88. The molecule has 112 valence electrons. The van der Waals surface area contributed by atoms with Crippen molar-refractivity contribution in [2.24, 2.45) is 11.8 Å². The van der Waals surface area contributed by atoms with Crippen LogP contribution in [-0.2, 0) is 0 Å². The van der Waals surface area contributed by atoms with E-state index in [1.54, 1.807) is 12.1 Å². The quantitative estimate of drug-likeness (QED) is 0.861.